The third kappa shape index (κ3) is 4.38. The Morgan fingerprint density at radius 3 is 2.59 bits per heavy atom. The van der Waals surface area contributed by atoms with Gasteiger partial charge in [-0.25, -0.2) is 0 Å². The highest BCUT2D eigenvalue weighted by Crippen LogP contribution is 2.18. The second-order valence-electron chi connectivity index (χ2n) is 5.58. The normalized spacial score (nSPS) is 10.5. The lowest BCUT2D eigenvalue weighted by Crippen LogP contribution is -2.24. The van der Waals surface area contributed by atoms with E-state index in [1.165, 1.54) is 5.56 Å². The Labute approximate surface area is 131 Å². The quantitative estimate of drug-likeness (QED) is 0.887. The number of amides is 1. The third-order valence-electron chi connectivity index (χ3n) is 3.54. The predicted molar refractivity (Wildman–Crippen MR) is 86.1 cm³/mol. The molecule has 0 atom stereocenters. The first kappa shape index (κ1) is 16.1. The summed E-state index contributed by atoms with van der Waals surface area (Å²) in [6, 6.07) is 7.97. The molecule has 0 unspecified atom stereocenters. The summed E-state index contributed by atoms with van der Waals surface area (Å²) in [5.41, 5.74) is 3.31. The van der Waals surface area contributed by atoms with Crippen molar-refractivity contribution in [3.8, 4) is 5.75 Å². The van der Waals surface area contributed by atoms with E-state index in [0.29, 0.717) is 19.6 Å². The Balaban J connectivity index is 1.75. The third-order valence-corrected chi connectivity index (χ3v) is 3.54. The molecule has 1 aromatic heterocycles. The van der Waals surface area contributed by atoms with Crippen molar-refractivity contribution in [2.75, 3.05) is 6.61 Å². The van der Waals surface area contributed by atoms with Gasteiger partial charge in [-0.15, -0.1) is 0 Å². The first-order valence-corrected chi connectivity index (χ1v) is 7.48. The van der Waals surface area contributed by atoms with Crippen LogP contribution in [0.4, 0.5) is 0 Å². The second kappa shape index (κ2) is 7.16. The summed E-state index contributed by atoms with van der Waals surface area (Å²) in [4.78, 5) is 11.8. The van der Waals surface area contributed by atoms with Crippen molar-refractivity contribution in [3.05, 3.63) is 52.5 Å². The Morgan fingerprint density at radius 1 is 1.18 bits per heavy atom. The van der Waals surface area contributed by atoms with E-state index in [-0.39, 0.29) is 5.91 Å². The molecule has 2 rings (SSSR count). The highest BCUT2D eigenvalue weighted by Gasteiger charge is 2.07. The van der Waals surface area contributed by atoms with E-state index in [4.69, 9.17) is 9.15 Å². The molecule has 2 aromatic rings. The number of hydrogen-bond donors (Lipinski definition) is 1. The van der Waals surface area contributed by atoms with Crippen molar-refractivity contribution in [1.29, 1.82) is 0 Å². The van der Waals surface area contributed by atoms with E-state index in [1.807, 2.05) is 45.9 Å². The van der Waals surface area contributed by atoms with Crippen LogP contribution < -0.4 is 10.1 Å². The van der Waals surface area contributed by atoms with Crippen molar-refractivity contribution < 1.29 is 13.9 Å². The van der Waals surface area contributed by atoms with E-state index in [1.54, 1.807) is 0 Å². The van der Waals surface area contributed by atoms with Gasteiger partial charge in [-0.1, -0.05) is 17.7 Å². The molecule has 0 radical (unpaired) electrons. The summed E-state index contributed by atoms with van der Waals surface area (Å²) < 4.78 is 11.1. The average molecular weight is 301 g/mol. The van der Waals surface area contributed by atoms with Gasteiger partial charge in [0.15, 0.2) is 0 Å². The van der Waals surface area contributed by atoms with Crippen LogP contribution in [0, 0.1) is 27.7 Å². The van der Waals surface area contributed by atoms with Gasteiger partial charge in [-0.2, -0.15) is 0 Å². The SMILES string of the molecule is Cc1ccc(OCCC(=O)NCc2cc(C)oc2C)c(C)c1. The molecule has 1 amide bonds. The Kier molecular flexibility index (Phi) is 5.26. The highest BCUT2D eigenvalue weighted by molar-refractivity contribution is 5.76. The maximum atomic E-state index is 11.8. The number of rotatable bonds is 6. The lowest BCUT2D eigenvalue weighted by atomic mass is 10.1. The molecule has 22 heavy (non-hydrogen) atoms. The molecule has 4 nitrogen and oxygen atoms in total. The Hall–Kier alpha value is -2.23. The van der Waals surface area contributed by atoms with E-state index >= 15 is 0 Å². The number of aryl methyl sites for hydroxylation is 4. The zero-order valence-electron chi connectivity index (χ0n) is 13.7. The fourth-order valence-corrected chi connectivity index (χ4v) is 2.36. The Bertz CT molecular complexity index is 658. The number of hydrogen-bond acceptors (Lipinski definition) is 3. The van der Waals surface area contributed by atoms with Gasteiger partial charge in [-0.3, -0.25) is 4.79 Å². The van der Waals surface area contributed by atoms with Crippen molar-refractivity contribution in [1.82, 2.24) is 5.32 Å². The van der Waals surface area contributed by atoms with Crippen LogP contribution in [0.1, 0.15) is 34.6 Å². The molecule has 0 aliphatic rings. The molecule has 0 saturated carbocycles. The molecular weight excluding hydrogens is 278 g/mol. The minimum absolute atomic E-state index is 0.0250. The van der Waals surface area contributed by atoms with Gasteiger partial charge in [0.05, 0.1) is 13.0 Å². The molecule has 0 saturated heterocycles. The first-order chi connectivity index (χ1) is 10.5. The fraction of sp³-hybridized carbons (Fsp3) is 0.389. The largest absolute Gasteiger partial charge is 0.493 e. The van der Waals surface area contributed by atoms with Crippen LogP contribution in [-0.4, -0.2) is 12.5 Å². The lowest BCUT2D eigenvalue weighted by Gasteiger charge is -2.10. The molecule has 118 valence electrons. The zero-order chi connectivity index (χ0) is 16.1. The van der Waals surface area contributed by atoms with Crippen LogP contribution in [0.2, 0.25) is 0 Å². The summed E-state index contributed by atoms with van der Waals surface area (Å²) in [5, 5.41) is 2.88. The maximum Gasteiger partial charge on any atom is 0.223 e. The molecule has 1 N–H and O–H groups in total. The number of carbonyl (C=O) groups excluding carboxylic acids is 1. The first-order valence-electron chi connectivity index (χ1n) is 7.48. The van der Waals surface area contributed by atoms with Gasteiger partial charge >= 0.3 is 0 Å². The van der Waals surface area contributed by atoms with E-state index < -0.39 is 0 Å². The average Bonchev–Trinajstić information content (AvgIpc) is 2.77. The van der Waals surface area contributed by atoms with E-state index in [9.17, 15) is 4.79 Å². The Morgan fingerprint density at radius 2 is 1.95 bits per heavy atom. The summed E-state index contributed by atoms with van der Waals surface area (Å²) in [5.74, 6) is 2.52. The lowest BCUT2D eigenvalue weighted by molar-refractivity contribution is -0.121. The standard InChI is InChI=1S/C18H23NO3/c1-12-5-6-17(13(2)9-12)21-8-7-18(20)19-11-16-10-14(3)22-15(16)4/h5-6,9-10H,7-8,11H2,1-4H3,(H,19,20). The molecule has 4 heteroatoms. The maximum absolute atomic E-state index is 11.8. The molecule has 0 fully saturated rings. The van der Waals surface area contributed by atoms with Crippen LogP contribution in [0.25, 0.3) is 0 Å². The van der Waals surface area contributed by atoms with Crippen LogP contribution in [0.3, 0.4) is 0 Å². The minimum atomic E-state index is -0.0250. The molecule has 0 aliphatic carbocycles. The van der Waals surface area contributed by atoms with Crippen LogP contribution >= 0.6 is 0 Å². The van der Waals surface area contributed by atoms with Gasteiger partial charge in [0.1, 0.15) is 17.3 Å². The highest BCUT2D eigenvalue weighted by atomic mass is 16.5. The summed E-state index contributed by atoms with van der Waals surface area (Å²) >= 11 is 0. The van der Waals surface area contributed by atoms with Gasteiger partial charge in [0.25, 0.3) is 0 Å². The molecule has 0 bridgehead atoms. The molecule has 1 aromatic carbocycles. The number of ether oxygens (including phenoxy) is 1. The fourth-order valence-electron chi connectivity index (χ4n) is 2.36. The number of benzene rings is 1. The zero-order valence-corrected chi connectivity index (χ0v) is 13.7. The second-order valence-corrected chi connectivity index (χ2v) is 5.58. The van der Waals surface area contributed by atoms with Gasteiger partial charge in [0.2, 0.25) is 5.91 Å². The van der Waals surface area contributed by atoms with Crippen LogP contribution in [0.15, 0.2) is 28.7 Å². The van der Waals surface area contributed by atoms with Gasteiger partial charge < -0.3 is 14.5 Å². The van der Waals surface area contributed by atoms with E-state index in [0.717, 1.165) is 28.4 Å². The molecule has 0 spiro atoms. The monoisotopic (exact) mass is 301 g/mol. The van der Waals surface area contributed by atoms with Crippen molar-refractivity contribution >= 4 is 5.91 Å². The van der Waals surface area contributed by atoms with Crippen LogP contribution in [0.5, 0.6) is 5.75 Å². The molecule has 1 heterocycles. The molecule has 0 aliphatic heterocycles. The predicted octanol–water partition coefficient (Wildman–Crippen LogP) is 3.60. The molecular formula is C18H23NO3. The number of furan rings is 1. The topological polar surface area (TPSA) is 51.5 Å². The van der Waals surface area contributed by atoms with Crippen molar-refractivity contribution in [2.24, 2.45) is 0 Å². The van der Waals surface area contributed by atoms with Crippen LogP contribution in [-0.2, 0) is 11.3 Å². The van der Waals surface area contributed by atoms with Gasteiger partial charge in [-0.05, 0) is 45.4 Å². The van der Waals surface area contributed by atoms with E-state index in [2.05, 4.69) is 11.4 Å². The van der Waals surface area contributed by atoms with Crippen molar-refractivity contribution in [3.63, 3.8) is 0 Å². The smallest absolute Gasteiger partial charge is 0.223 e. The van der Waals surface area contributed by atoms with Gasteiger partial charge in [0, 0.05) is 12.1 Å². The van der Waals surface area contributed by atoms with Crippen molar-refractivity contribution in [2.45, 2.75) is 40.7 Å². The summed E-state index contributed by atoms with van der Waals surface area (Å²) in [6.45, 7) is 8.72. The minimum Gasteiger partial charge on any atom is -0.493 e. The number of nitrogens with one attached hydrogen (secondary N) is 1. The number of carbonyl (C=O) groups is 1. The summed E-state index contributed by atoms with van der Waals surface area (Å²) in [7, 11) is 0. The summed E-state index contributed by atoms with van der Waals surface area (Å²) in [6.07, 6.45) is 0.337.